The Labute approximate surface area is 133 Å². The van der Waals surface area contributed by atoms with Crippen molar-refractivity contribution in [2.45, 2.75) is 37.8 Å². The molecule has 2 aromatic rings. The Morgan fingerprint density at radius 1 is 1.32 bits per heavy atom. The molecule has 0 spiro atoms. The maximum absolute atomic E-state index is 10.1. The van der Waals surface area contributed by atoms with Crippen LogP contribution in [0.2, 0.25) is 0 Å². The number of hydrogen-bond acceptors (Lipinski definition) is 5. The summed E-state index contributed by atoms with van der Waals surface area (Å²) in [5.41, 5.74) is 1.48. The Morgan fingerprint density at radius 3 is 2.91 bits per heavy atom. The number of aliphatic hydroxyl groups excluding tert-OH is 1. The van der Waals surface area contributed by atoms with E-state index < -0.39 is 0 Å². The lowest BCUT2D eigenvalue weighted by Gasteiger charge is -2.19. The van der Waals surface area contributed by atoms with E-state index >= 15 is 0 Å². The molecule has 1 unspecified atom stereocenters. The Hall–Kier alpha value is -1.40. The maximum Gasteiger partial charge on any atom is 0.245 e. The number of hydrogen-bond donors (Lipinski definition) is 1. The molecular formula is C15H19ClN4O2. The van der Waals surface area contributed by atoms with E-state index in [0.717, 1.165) is 25.0 Å². The van der Waals surface area contributed by atoms with Crippen molar-refractivity contribution in [1.29, 1.82) is 0 Å². The first-order chi connectivity index (χ1) is 10.7. The normalized spacial score (nSPS) is 33.7. The highest BCUT2D eigenvalue weighted by Gasteiger charge is 2.52. The third-order valence-electron chi connectivity index (χ3n) is 5.13. The van der Waals surface area contributed by atoms with Gasteiger partial charge in [0.25, 0.3) is 0 Å². The molecule has 118 valence electrons. The standard InChI is InChI=1S/C15H19ClN4O2/c1-2-22-15-13-14(17-6-18-15)20(7-19-13)5-10-8-4-12(21)9(10)3-11(8)16/h6-12,21H,2-5H2,1H3/t8-,9-,10-,11-,12?/m0/s1. The van der Waals surface area contributed by atoms with Crippen LogP contribution in [0.15, 0.2) is 12.7 Å². The van der Waals surface area contributed by atoms with E-state index in [1.165, 1.54) is 6.33 Å². The summed E-state index contributed by atoms with van der Waals surface area (Å²) < 4.78 is 7.54. The van der Waals surface area contributed by atoms with Gasteiger partial charge in [-0.3, -0.25) is 0 Å². The average Bonchev–Trinajstić information content (AvgIpc) is 3.13. The van der Waals surface area contributed by atoms with Gasteiger partial charge in [-0.1, -0.05) is 0 Å². The van der Waals surface area contributed by atoms with Gasteiger partial charge in [0.15, 0.2) is 11.2 Å². The monoisotopic (exact) mass is 322 g/mol. The highest BCUT2D eigenvalue weighted by atomic mass is 35.5. The van der Waals surface area contributed by atoms with E-state index in [2.05, 4.69) is 15.0 Å². The van der Waals surface area contributed by atoms with Gasteiger partial charge in [0.1, 0.15) is 6.33 Å². The minimum Gasteiger partial charge on any atom is -0.476 e. The molecule has 0 saturated heterocycles. The molecule has 2 saturated carbocycles. The first-order valence-corrected chi connectivity index (χ1v) is 8.23. The Balaban J connectivity index is 1.64. The molecule has 0 amide bonds. The first kappa shape index (κ1) is 14.2. The largest absolute Gasteiger partial charge is 0.476 e. The van der Waals surface area contributed by atoms with Crippen LogP contribution in [0.3, 0.4) is 0 Å². The lowest BCUT2D eigenvalue weighted by molar-refractivity contribution is 0.106. The molecule has 0 aliphatic heterocycles. The fourth-order valence-corrected chi connectivity index (χ4v) is 4.64. The molecule has 7 heteroatoms. The summed E-state index contributed by atoms with van der Waals surface area (Å²) in [7, 11) is 0. The highest BCUT2D eigenvalue weighted by molar-refractivity contribution is 6.21. The quantitative estimate of drug-likeness (QED) is 0.870. The van der Waals surface area contributed by atoms with Gasteiger partial charge in [0.05, 0.1) is 19.0 Å². The molecule has 2 bridgehead atoms. The molecule has 22 heavy (non-hydrogen) atoms. The van der Waals surface area contributed by atoms with E-state index in [0.29, 0.717) is 29.8 Å². The van der Waals surface area contributed by atoms with Crippen LogP contribution < -0.4 is 4.74 Å². The number of rotatable bonds is 4. The fourth-order valence-electron chi connectivity index (χ4n) is 4.15. The van der Waals surface area contributed by atoms with Crippen LogP contribution in [0.5, 0.6) is 5.88 Å². The third kappa shape index (κ3) is 2.08. The van der Waals surface area contributed by atoms with E-state index in [1.54, 1.807) is 6.33 Å². The second-order valence-corrected chi connectivity index (χ2v) is 6.79. The SMILES string of the molecule is CCOc1ncnc2c1ncn2C[C@H]1[C@@H]2CC(O)[C@H]1C[C@@H]2Cl. The van der Waals surface area contributed by atoms with Crippen LogP contribution in [-0.2, 0) is 6.54 Å². The third-order valence-corrected chi connectivity index (χ3v) is 5.63. The summed E-state index contributed by atoms with van der Waals surface area (Å²) >= 11 is 6.41. The zero-order valence-electron chi connectivity index (χ0n) is 12.4. The van der Waals surface area contributed by atoms with Crippen LogP contribution in [0.4, 0.5) is 0 Å². The van der Waals surface area contributed by atoms with Crippen molar-refractivity contribution < 1.29 is 9.84 Å². The van der Waals surface area contributed by atoms with Crippen LogP contribution in [-0.4, -0.2) is 42.7 Å². The number of alkyl halides is 1. The summed E-state index contributed by atoms with van der Waals surface area (Å²) in [5.74, 6) is 1.58. The number of aliphatic hydroxyl groups is 1. The molecule has 5 atom stereocenters. The van der Waals surface area contributed by atoms with E-state index in [9.17, 15) is 5.11 Å². The maximum atomic E-state index is 10.1. The van der Waals surface area contributed by atoms with Crippen molar-refractivity contribution in [3.05, 3.63) is 12.7 Å². The molecular weight excluding hydrogens is 304 g/mol. The van der Waals surface area contributed by atoms with Gasteiger partial charge < -0.3 is 14.4 Å². The number of fused-ring (bicyclic) bond motifs is 3. The summed E-state index contributed by atoms with van der Waals surface area (Å²) in [6.07, 6.45) is 4.80. The van der Waals surface area contributed by atoms with Crippen LogP contribution >= 0.6 is 11.6 Å². The van der Waals surface area contributed by atoms with Crippen LogP contribution in [0.1, 0.15) is 19.8 Å². The number of aromatic nitrogens is 4. The van der Waals surface area contributed by atoms with Crippen molar-refractivity contribution in [2.75, 3.05) is 6.61 Å². The highest BCUT2D eigenvalue weighted by Crippen LogP contribution is 2.52. The van der Waals surface area contributed by atoms with E-state index in [1.807, 2.05) is 11.5 Å². The summed E-state index contributed by atoms with van der Waals surface area (Å²) in [6.45, 7) is 3.25. The Bertz CT molecular complexity index is 675. The van der Waals surface area contributed by atoms with Gasteiger partial charge in [-0.05, 0) is 37.5 Å². The molecule has 6 nitrogen and oxygen atoms in total. The molecule has 2 aromatic heterocycles. The number of imidazole rings is 1. The minimum absolute atomic E-state index is 0.182. The summed E-state index contributed by atoms with van der Waals surface area (Å²) in [5, 5.41) is 10.3. The predicted molar refractivity (Wildman–Crippen MR) is 81.8 cm³/mol. The molecule has 4 rings (SSSR count). The number of ether oxygens (including phenoxy) is 1. The van der Waals surface area contributed by atoms with Crippen molar-refractivity contribution in [3.63, 3.8) is 0 Å². The topological polar surface area (TPSA) is 73.1 Å². The van der Waals surface area contributed by atoms with Gasteiger partial charge >= 0.3 is 0 Å². The average molecular weight is 323 g/mol. The predicted octanol–water partition coefficient (Wildman–Crippen LogP) is 1.85. The number of nitrogens with zero attached hydrogens (tertiary/aromatic N) is 4. The lowest BCUT2D eigenvalue weighted by Crippen LogP contribution is -2.21. The molecule has 2 aliphatic rings. The second kappa shape index (κ2) is 5.35. The van der Waals surface area contributed by atoms with E-state index in [-0.39, 0.29) is 17.4 Å². The fraction of sp³-hybridized carbons (Fsp3) is 0.667. The molecule has 0 radical (unpaired) electrons. The van der Waals surface area contributed by atoms with Gasteiger partial charge in [0, 0.05) is 11.9 Å². The summed E-state index contributed by atoms with van der Waals surface area (Å²) in [6, 6.07) is 0. The van der Waals surface area contributed by atoms with Crippen molar-refractivity contribution in [2.24, 2.45) is 17.8 Å². The summed E-state index contributed by atoms with van der Waals surface area (Å²) in [4.78, 5) is 12.9. The molecule has 2 heterocycles. The minimum atomic E-state index is -0.214. The Kier molecular flexibility index (Phi) is 3.46. The van der Waals surface area contributed by atoms with Crippen molar-refractivity contribution in [3.8, 4) is 5.88 Å². The molecule has 1 N–H and O–H groups in total. The van der Waals surface area contributed by atoms with Crippen molar-refractivity contribution in [1.82, 2.24) is 19.5 Å². The van der Waals surface area contributed by atoms with Crippen LogP contribution in [0.25, 0.3) is 11.2 Å². The Morgan fingerprint density at radius 2 is 2.18 bits per heavy atom. The molecule has 2 aliphatic carbocycles. The zero-order chi connectivity index (χ0) is 15.3. The van der Waals surface area contributed by atoms with Crippen molar-refractivity contribution >= 4 is 22.8 Å². The van der Waals surface area contributed by atoms with E-state index in [4.69, 9.17) is 16.3 Å². The van der Waals surface area contributed by atoms with Gasteiger partial charge in [0.2, 0.25) is 5.88 Å². The second-order valence-electron chi connectivity index (χ2n) is 6.23. The first-order valence-electron chi connectivity index (χ1n) is 7.79. The number of halogens is 1. The molecule has 0 aromatic carbocycles. The molecule has 2 fully saturated rings. The van der Waals surface area contributed by atoms with Gasteiger partial charge in [-0.25, -0.2) is 9.97 Å². The van der Waals surface area contributed by atoms with Crippen LogP contribution in [0, 0.1) is 17.8 Å². The lowest BCUT2D eigenvalue weighted by atomic mass is 9.97. The van der Waals surface area contributed by atoms with Gasteiger partial charge in [-0.2, -0.15) is 4.98 Å². The van der Waals surface area contributed by atoms with Gasteiger partial charge in [-0.15, -0.1) is 11.6 Å². The zero-order valence-corrected chi connectivity index (χ0v) is 13.1. The smallest absolute Gasteiger partial charge is 0.245 e.